The van der Waals surface area contributed by atoms with Crippen LogP contribution in [0.1, 0.15) is 39.8 Å². The number of nitrogens with one attached hydrogen (secondary N) is 1. The van der Waals surface area contributed by atoms with Crippen molar-refractivity contribution in [3.63, 3.8) is 0 Å². The molecule has 3 rings (SSSR count). The SMILES string of the molecule is CN=C(C)/C(CCOc1c(-c2ccc3ncc(CNO)n3c2)ccc(F)c1F)=C(\N)C(O)C(C)(C)C.OCCO.OO. The number of aromatic nitrogens is 2. The average Bonchev–Trinajstić information content (AvgIpc) is 3.39. The van der Waals surface area contributed by atoms with Crippen LogP contribution in [0.15, 0.2) is 52.9 Å². The Morgan fingerprint density at radius 1 is 1.14 bits per heavy atom. The maximum absolute atomic E-state index is 14.9. The topological polar surface area (TPSA) is 198 Å². The Morgan fingerprint density at radius 3 is 2.33 bits per heavy atom. The third-order valence-corrected chi connectivity index (χ3v) is 6.14. The number of rotatable bonds is 10. The Morgan fingerprint density at radius 2 is 1.79 bits per heavy atom. The molecule has 0 bridgehead atoms. The van der Waals surface area contributed by atoms with Crippen LogP contribution in [-0.2, 0) is 6.54 Å². The second kappa shape index (κ2) is 17.5. The number of fused-ring (bicyclic) bond motifs is 1. The van der Waals surface area contributed by atoms with Gasteiger partial charge in [-0.15, -0.1) is 0 Å². The summed E-state index contributed by atoms with van der Waals surface area (Å²) in [6, 6.07) is 5.96. The summed E-state index contributed by atoms with van der Waals surface area (Å²) in [5.74, 6) is -2.38. The third kappa shape index (κ3) is 9.52. The molecule has 1 unspecified atom stereocenters. The number of benzene rings is 1. The molecule has 14 heteroatoms. The van der Waals surface area contributed by atoms with Crippen LogP contribution >= 0.6 is 0 Å². The monoisotopic (exact) mass is 597 g/mol. The van der Waals surface area contributed by atoms with E-state index in [1.165, 1.54) is 6.07 Å². The Kier molecular flexibility index (Phi) is 15.2. The molecule has 0 fully saturated rings. The summed E-state index contributed by atoms with van der Waals surface area (Å²) < 4.78 is 36.7. The van der Waals surface area contributed by atoms with Gasteiger partial charge < -0.3 is 35.4 Å². The number of nitrogens with zero attached hydrogens (tertiary/aromatic N) is 3. The van der Waals surface area contributed by atoms with Gasteiger partial charge in [0.05, 0.1) is 44.4 Å². The zero-order valence-electron chi connectivity index (χ0n) is 24.3. The fraction of sp³-hybridized carbons (Fsp3) is 0.429. The lowest BCUT2D eigenvalue weighted by Crippen LogP contribution is -2.34. The number of pyridine rings is 1. The van der Waals surface area contributed by atoms with E-state index in [0.717, 1.165) is 6.07 Å². The van der Waals surface area contributed by atoms with Gasteiger partial charge in [0.1, 0.15) is 5.65 Å². The van der Waals surface area contributed by atoms with Gasteiger partial charge in [-0.1, -0.05) is 20.8 Å². The van der Waals surface area contributed by atoms with Crippen molar-refractivity contribution in [1.82, 2.24) is 14.9 Å². The lowest BCUT2D eigenvalue weighted by atomic mass is 9.85. The van der Waals surface area contributed by atoms with Crippen molar-refractivity contribution in [2.24, 2.45) is 16.1 Å². The Balaban J connectivity index is 0.00000135. The lowest BCUT2D eigenvalue weighted by molar-refractivity contribution is -0.176. The molecule has 12 nitrogen and oxygen atoms in total. The predicted octanol–water partition coefficient (Wildman–Crippen LogP) is 3.23. The zero-order valence-corrected chi connectivity index (χ0v) is 24.3. The van der Waals surface area contributed by atoms with Gasteiger partial charge in [0.15, 0.2) is 11.6 Å². The maximum atomic E-state index is 14.9. The van der Waals surface area contributed by atoms with Crippen molar-refractivity contribution in [3.05, 3.63) is 65.3 Å². The largest absolute Gasteiger partial charge is 0.489 e. The second-order valence-electron chi connectivity index (χ2n) is 10.0. The van der Waals surface area contributed by atoms with Gasteiger partial charge in [-0.05, 0) is 42.2 Å². The number of aliphatic imine (C=N–C) groups is 1. The highest BCUT2D eigenvalue weighted by Gasteiger charge is 2.27. The normalized spacial score (nSPS) is 13.0. The molecule has 0 aliphatic rings. The average molecular weight is 598 g/mol. The number of halogens is 2. The van der Waals surface area contributed by atoms with Crippen molar-refractivity contribution in [3.8, 4) is 16.9 Å². The first-order valence-electron chi connectivity index (χ1n) is 12.9. The molecular weight excluding hydrogens is 556 g/mol. The Hall–Kier alpha value is -3.50. The fourth-order valence-corrected chi connectivity index (χ4v) is 3.86. The van der Waals surface area contributed by atoms with E-state index in [0.29, 0.717) is 33.8 Å². The number of aliphatic hydroxyl groups is 3. The molecule has 0 saturated heterocycles. The van der Waals surface area contributed by atoms with Crippen LogP contribution in [0.3, 0.4) is 0 Å². The highest BCUT2D eigenvalue weighted by molar-refractivity contribution is 5.98. The summed E-state index contributed by atoms with van der Waals surface area (Å²) in [4.78, 5) is 8.46. The van der Waals surface area contributed by atoms with Crippen LogP contribution < -0.4 is 16.0 Å². The first kappa shape index (κ1) is 36.5. The molecule has 0 radical (unpaired) electrons. The lowest BCUT2D eigenvalue weighted by Gasteiger charge is -2.28. The van der Waals surface area contributed by atoms with Crippen LogP contribution in [0.2, 0.25) is 0 Å². The molecule has 1 aromatic carbocycles. The van der Waals surface area contributed by atoms with Gasteiger partial charge in [0, 0.05) is 42.2 Å². The Bertz CT molecular complexity index is 1340. The van der Waals surface area contributed by atoms with Crippen LogP contribution in [0.5, 0.6) is 5.75 Å². The van der Waals surface area contributed by atoms with Gasteiger partial charge >= 0.3 is 0 Å². The van der Waals surface area contributed by atoms with Gasteiger partial charge in [-0.2, -0.15) is 9.87 Å². The molecule has 1 atom stereocenters. The number of hydrogen-bond donors (Lipinski definition) is 8. The molecule has 0 spiro atoms. The second-order valence-corrected chi connectivity index (χ2v) is 10.0. The van der Waals surface area contributed by atoms with E-state index >= 15 is 0 Å². The van der Waals surface area contributed by atoms with Crippen molar-refractivity contribution >= 4 is 11.4 Å². The van der Waals surface area contributed by atoms with Crippen molar-refractivity contribution in [2.45, 2.75) is 46.8 Å². The van der Waals surface area contributed by atoms with E-state index in [2.05, 4.69) is 15.5 Å². The molecule has 0 amide bonds. The fourth-order valence-electron chi connectivity index (χ4n) is 3.86. The maximum Gasteiger partial charge on any atom is 0.201 e. The highest BCUT2D eigenvalue weighted by atomic mass is 19.2. The smallest absolute Gasteiger partial charge is 0.201 e. The zero-order chi connectivity index (χ0) is 32.0. The van der Waals surface area contributed by atoms with Gasteiger partial charge in [-0.25, -0.2) is 9.37 Å². The van der Waals surface area contributed by atoms with Crippen LogP contribution in [-0.4, -0.2) is 79.1 Å². The van der Waals surface area contributed by atoms with Crippen LogP contribution in [0.4, 0.5) is 8.78 Å². The molecule has 0 aliphatic carbocycles. The number of nitrogens with two attached hydrogens (primary N) is 1. The summed E-state index contributed by atoms with van der Waals surface area (Å²) in [5, 5.41) is 47.0. The summed E-state index contributed by atoms with van der Waals surface area (Å²) in [7, 11) is 1.62. The minimum Gasteiger partial charge on any atom is -0.489 e. The summed E-state index contributed by atoms with van der Waals surface area (Å²) >= 11 is 0. The van der Waals surface area contributed by atoms with Crippen molar-refractivity contribution in [2.75, 3.05) is 26.9 Å². The summed E-state index contributed by atoms with van der Waals surface area (Å²) in [6.07, 6.45) is 2.62. The van der Waals surface area contributed by atoms with Gasteiger partial charge in [-0.3, -0.25) is 15.5 Å². The minimum absolute atomic E-state index is 0.0276. The van der Waals surface area contributed by atoms with E-state index in [9.17, 15) is 13.9 Å². The molecule has 234 valence electrons. The van der Waals surface area contributed by atoms with Crippen LogP contribution in [0, 0.1) is 17.0 Å². The van der Waals surface area contributed by atoms with E-state index in [-0.39, 0.29) is 44.2 Å². The quantitative estimate of drug-likeness (QED) is 0.0975. The predicted molar refractivity (Wildman–Crippen MR) is 154 cm³/mol. The van der Waals surface area contributed by atoms with E-state index in [1.54, 1.807) is 42.9 Å². The standard InChI is InChI=1S/C26H33F2N5O3.C2H6O2.H2O2/c1-15(30-5)18(23(29)25(34)26(2,3)4)10-11-36-24-19(7-8-20(27)22(24)28)16-6-9-21-31-12-17(13-32-35)33(21)14-16;3-1-2-4;1-2/h6-9,12,14,25,32,34-35H,10-11,13,29H2,1-5H3;3-4H,1-2H2;1-2H/b23-18-,30-15?;;. The molecule has 42 heavy (non-hydrogen) atoms. The number of imidazole rings is 1. The van der Waals surface area contributed by atoms with E-state index in [1.807, 2.05) is 20.8 Å². The van der Waals surface area contributed by atoms with Crippen LogP contribution in [0.25, 0.3) is 16.8 Å². The first-order chi connectivity index (χ1) is 19.9. The molecule has 2 heterocycles. The van der Waals surface area contributed by atoms with Crippen molar-refractivity contribution in [1.29, 1.82) is 0 Å². The van der Waals surface area contributed by atoms with E-state index in [4.69, 9.17) is 36.4 Å². The molecule has 0 saturated carbocycles. The molecule has 9 N–H and O–H groups in total. The molecule has 0 aliphatic heterocycles. The third-order valence-electron chi connectivity index (χ3n) is 6.14. The minimum atomic E-state index is -1.11. The molecular formula is C28H41F2N5O7. The van der Waals surface area contributed by atoms with Gasteiger partial charge in [0.25, 0.3) is 0 Å². The van der Waals surface area contributed by atoms with Crippen molar-refractivity contribution < 1.29 is 44.6 Å². The number of hydrogen-bond acceptors (Lipinski definition) is 11. The molecule has 3 aromatic rings. The van der Waals surface area contributed by atoms with Gasteiger partial charge in [0.2, 0.25) is 5.82 Å². The summed E-state index contributed by atoms with van der Waals surface area (Å²) in [6.45, 7) is 7.24. The molecule has 2 aromatic heterocycles. The first-order valence-corrected chi connectivity index (χ1v) is 12.9. The Labute approximate surface area is 243 Å². The number of aliphatic hydroxyl groups excluding tert-OH is 3. The summed E-state index contributed by atoms with van der Waals surface area (Å²) in [5.41, 5.74) is 11.6. The number of hydroxylamine groups is 1. The highest BCUT2D eigenvalue weighted by Crippen LogP contribution is 2.35. The number of ether oxygens (including phenoxy) is 1. The van der Waals surface area contributed by atoms with E-state index < -0.39 is 23.2 Å².